The van der Waals surface area contributed by atoms with Gasteiger partial charge in [0.25, 0.3) is 0 Å². The van der Waals surface area contributed by atoms with E-state index < -0.39 is 0 Å². The first-order valence-corrected chi connectivity index (χ1v) is 12.4. The van der Waals surface area contributed by atoms with Gasteiger partial charge < -0.3 is 24.3 Å². The molecule has 4 heterocycles. The Bertz CT molecular complexity index is 1240. The number of hydrogen-bond donors (Lipinski definition) is 1. The van der Waals surface area contributed by atoms with E-state index in [-0.39, 0.29) is 24.2 Å². The fraction of sp³-hybridized carbons (Fsp3) is 0.370. The molecule has 0 radical (unpaired) electrons. The van der Waals surface area contributed by atoms with Gasteiger partial charge in [0.2, 0.25) is 0 Å². The van der Waals surface area contributed by atoms with E-state index in [1.165, 1.54) is 12.7 Å². The number of hydrogen-bond acceptors (Lipinski definition) is 5. The Labute approximate surface area is 211 Å². The molecule has 8 heteroatoms. The summed E-state index contributed by atoms with van der Waals surface area (Å²) in [6, 6.07) is 15.6. The van der Waals surface area contributed by atoms with Gasteiger partial charge >= 0.3 is 5.97 Å². The van der Waals surface area contributed by atoms with E-state index >= 15 is 0 Å². The number of carbonyl (C=O) groups excluding carboxylic acids is 1. The van der Waals surface area contributed by atoms with Crippen LogP contribution in [0.3, 0.4) is 0 Å². The molecule has 2 fully saturated rings. The number of nitrogens with one attached hydrogen (secondary N) is 1. The van der Waals surface area contributed by atoms with Crippen molar-refractivity contribution in [1.82, 2.24) is 19.8 Å². The lowest BCUT2D eigenvalue weighted by Gasteiger charge is -2.30. The minimum absolute atomic E-state index is 0.0367. The van der Waals surface area contributed by atoms with E-state index in [2.05, 4.69) is 39.7 Å². The van der Waals surface area contributed by atoms with Crippen molar-refractivity contribution >= 4 is 23.3 Å². The second kappa shape index (κ2) is 9.79. The van der Waals surface area contributed by atoms with E-state index in [0.29, 0.717) is 5.56 Å². The molecule has 2 aliphatic rings. The zero-order valence-corrected chi connectivity index (χ0v) is 21.0. The summed E-state index contributed by atoms with van der Waals surface area (Å²) in [5.41, 5.74) is 5.74. The van der Waals surface area contributed by atoms with Crippen LogP contribution in [-0.2, 0) is 9.47 Å². The number of aromatic nitrogens is 2. The Morgan fingerprint density at radius 2 is 2.09 bits per heavy atom. The third kappa shape index (κ3) is 4.44. The third-order valence-electron chi connectivity index (χ3n) is 6.94. The van der Waals surface area contributed by atoms with Crippen molar-refractivity contribution in [2.75, 3.05) is 20.3 Å². The maximum atomic E-state index is 12.1. The Hall–Kier alpha value is -3.23. The molecule has 2 aromatic heterocycles. The van der Waals surface area contributed by atoms with Gasteiger partial charge in [-0.2, -0.15) is 0 Å². The van der Waals surface area contributed by atoms with Crippen LogP contribution >= 0.6 is 12.2 Å². The highest BCUT2D eigenvalue weighted by Gasteiger charge is 2.42. The summed E-state index contributed by atoms with van der Waals surface area (Å²) in [5.74, 6) is -0.349. The van der Waals surface area contributed by atoms with E-state index in [1.807, 2.05) is 42.6 Å². The van der Waals surface area contributed by atoms with E-state index in [9.17, 15) is 4.79 Å². The molecule has 2 aliphatic heterocycles. The van der Waals surface area contributed by atoms with Crippen LogP contribution < -0.4 is 5.32 Å². The predicted octanol–water partition coefficient (Wildman–Crippen LogP) is 4.43. The Morgan fingerprint density at radius 3 is 2.80 bits per heavy atom. The third-order valence-corrected chi connectivity index (χ3v) is 7.29. The average molecular weight is 491 g/mol. The molecular formula is C27H30N4O3S. The van der Waals surface area contributed by atoms with Gasteiger partial charge in [-0.1, -0.05) is 12.1 Å². The summed E-state index contributed by atoms with van der Waals surface area (Å²) in [6.07, 6.45) is 4.11. The van der Waals surface area contributed by atoms with Crippen molar-refractivity contribution in [3.05, 3.63) is 82.9 Å². The number of aryl methyl sites for hydroxylation is 1. The summed E-state index contributed by atoms with van der Waals surface area (Å²) in [4.78, 5) is 19.1. The fourth-order valence-corrected chi connectivity index (χ4v) is 5.64. The molecule has 0 aliphatic carbocycles. The number of pyridine rings is 1. The van der Waals surface area contributed by atoms with Crippen molar-refractivity contribution in [1.29, 1.82) is 0 Å². The van der Waals surface area contributed by atoms with Crippen LogP contribution in [0.15, 0.2) is 54.7 Å². The number of esters is 1. The van der Waals surface area contributed by atoms with Crippen LogP contribution in [-0.4, -0.2) is 51.9 Å². The van der Waals surface area contributed by atoms with Crippen LogP contribution in [0, 0.1) is 13.8 Å². The molecule has 35 heavy (non-hydrogen) atoms. The first-order chi connectivity index (χ1) is 17.0. The molecule has 5 rings (SSSR count). The van der Waals surface area contributed by atoms with Crippen molar-refractivity contribution in [3.8, 4) is 5.69 Å². The molecule has 1 N–H and O–H groups in total. The van der Waals surface area contributed by atoms with Gasteiger partial charge in [0.1, 0.15) is 0 Å². The summed E-state index contributed by atoms with van der Waals surface area (Å²) in [6.45, 7) is 5.75. The molecule has 3 aromatic rings. The van der Waals surface area contributed by atoms with Gasteiger partial charge in [-0.15, -0.1) is 0 Å². The van der Waals surface area contributed by atoms with Crippen LogP contribution in [0.2, 0.25) is 0 Å². The van der Waals surface area contributed by atoms with Crippen molar-refractivity contribution in [2.24, 2.45) is 0 Å². The standard InChI is InChI=1S/C27H30N4O3S/c1-17-14-22(18(2)31(17)20-9-6-8-19(15-20)26(32)33-3)25-24(23-11-4-5-12-28-23)29-27(35)30(25)16-21-10-7-13-34-21/h4-6,8-9,11-12,14-15,21,24-25H,7,10,13,16H2,1-3H3,(H,29,35)/t21-,24-,25-/m0/s1. The normalized spacial score (nSPS) is 21.9. The fourth-order valence-electron chi connectivity index (χ4n) is 5.32. The highest BCUT2D eigenvalue weighted by molar-refractivity contribution is 7.80. The molecule has 2 saturated heterocycles. The van der Waals surface area contributed by atoms with Crippen LogP contribution in [0.1, 0.15) is 57.9 Å². The number of thiocarbonyl (C=S) groups is 1. The first-order valence-electron chi connectivity index (χ1n) is 11.9. The average Bonchev–Trinajstić information content (AvgIpc) is 3.58. The van der Waals surface area contributed by atoms with E-state index in [0.717, 1.165) is 53.9 Å². The predicted molar refractivity (Wildman–Crippen MR) is 138 cm³/mol. The molecule has 0 unspecified atom stereocenters. The summed E-state index contributed by atoms with van der Waals surface area (Å²) in [5, 5.41) is 4.26. The molecule has 1 aromatic carbocycles. The molecule has 0 bridgehead atoms. The van der Waals surface area contributed by atoms with Gasteiger partial charge in [-0.3, -0.25) is 4.98 Å². The maximum Gasteiger partial charge on any atom is 0.337 e. The van der Waals surface area contributed by atoms with Gasteiger partial charge in [0.05, 0.1) is 36.6 Å². The SMILES string of the molecule is COC(=O)c1cccc(-n2c(C)cc([C@H]3[C@H](c4ccccn4)NC(=S)N3C[C@@H]3CCCO3)c2C)c1. The number of benzene rings is 1. The molecular weight excluding hydrogens is 460 g/mol. The largest absolute Gasteiger partial charge is 0.465 e. The van der Waals surface area contributed by atoms with Crippen molar-refractivity contribution in [3.63, 3.8) is 0 Å². The molecule has 0 saturated carbocycles. The minimum atomic E-state index is -0.349. The summed E-state index contributed by atoms with van der Waals surface area (Å²) in [7, 11) is 1.40. The van der Waals surface area contributed by atoms with Gasteiger partial charge in [0, 0.05) is 36.4 Å². The van der Waals surface area contributed by atoms with Crippen LogP contribution in [0.5, 0.6) is 0 Å². The van der Waals surface area contributed by atoms with Gasteiger partial charge in [0.15, 0.2) is 5.11 Å². The van der Waals surface area contributed by atoms with Gasteiger partial charge in [-0.25, -0.2) is 4.79 Å². The lowest BCUT2D eigenvalue weighted by molar-refractivity contribution is 0.0600. The van der Waals surface area contributed by atoms with Crippen molar-refractivity contribution in [2.45, 2.75) is 44.9 Å². The minimum Gasteiger partial charge on any atom is -0.465 e. The molecule has 182 valence electrons. The number of nitrogens with zero attached hydrogens (tertiary/aromatic N) is 3. The zero-order valence-electron chi connectivity index (χ0n) is 20.2. The lowest BCUT2D eigenvalue weighted by atomic mass is 9.96. The summed E-state index contributed by atoms with van der Waals surface area (Å²) < 4.78 is 13.1. The van der Waals surface area contributed by atoms with Crippen molar-refractivity contribution < 1.29 is 14.3 Å². The Kier molecular flexibility index (Phi) is 6.58. The number of rotatable bonds is 6. The smallest absolute Gasteiger partial charge is 0.337 e. The second-order valence-corrected chi connectivity index (χ2v) is 9.50. The lowest BCUT2D eigenvalue weighted by Crippen LogP contribution is -2.36. The summed E-state index contributed by atoms with van der Waals surface area (Å²) >= 11 is 5.84. The Balaban J connectivity index is 1.58. The first kappa shape index (κ1) is 23.5. The monoisotopic (exact) mass is 490 g/mol. The highest BCUT2D eigenvalue weighted by atomic mass is 32.1. The second-order valence-electron chi connectivity index (χ2n) is 9.12. The van der Waals surface area contributed by atoms with E-state index in [4.69, 9.17) is 21.7 Å². The van der Waals surface area contributed by atoms with Crippen LogP contribution in [0.25, 0.3) is 5.69 Å². The zero-order chi connectivity index (χ0) is 24.5. The molecule has 3 atom stereocenters. The maximum absolute atomic E-state index is 12.1. The van der Waals surface area contributed by atoms with Crippen LogP contribution in [0.4, 0.5) is 0 Å². The highest BCUT2D eigenvalue weighted by Crippen LogP contribution is 2.42. The van der Waals surface area contributed by atoms with E-state index in [1.54, 1.807) is 6.07 Å². The Morgan fingerprint density at radius 1 is 1.23 bits per heavy atom. The topological polar surface area (TPSA) is 68.6 Å². The number of ether oxygens (including phenoxy) is 2. The molecule has 7 nitrogen and oxygen atoms in total. The molecule has 0 amide bonds. The number of carbonyl (C=O) groups is 1. The molecule has 0 spiro atoms. The number of methoxy groups -OCH3 is 1. The quantitative estimate of drug-likeness (QED) is 0.405. The van der Waals surface area contributed by atoms with Gasteiger partial charge in [-0.05, 0) is 80.9 Å².